The largest absolute Gasteiger partial charge is 0.480 e. The molecule has 0 saturated heterocycles. The molecule has 0 fully saturated rings. The normalized spacial score (nSPS) is 9.96. The molecule has 6 nitrogen and oxygen atoms in total. The maximum absolute atomic E-state index is 11.8. The fourth-order valence-electron chi connectivity index (χ4n) is 2.30. The molecule has 0 atom stereocenters. The van der Waals surface area contributed by atoms with Crippen LogP contribution in [0, 0.1) is 0 Å². The molecule has 23 heavy (non-hydrogen) atoms. The van der Waals surface area contributed by atoms with Crippen LogP contribution >= 0.6 is 0 Å². The Kier molecular flexibility index (Phi) is 17.4. The zero-order chi connectivity index (χ0) is 16.8. The molecule has 129 valence electrons. The van der Waals surface area contributed by atoms with Crippen molar-refractivity contribution in [2.24, 2.45) is 0 Å². The van der Waals surface area contributed by atoms with Crippen molar-refractivity contribution in [3.05, 3.63) is 0 Å². The molecule has 1 amide bonds. The van der Waals surface area contributed by atoms with Crippen LogP contribution in [0.2, 0.25) is 0 Å². The van der Waals surface area contributed by atoms with E-state index in [0.717, 1.165) is 24.2 Å². The number of aliphatic carboxylic acids is 2. The minimum atomic E-state index is -1.19. The molecule has 0 heterocycles. The van der Waals surface area contributed by atoms with Gasteiger partial charge in [0.25, 0.3) is 0 Å². The van der Waals surface area contributed by atoms with Crippen molar-refractivity contribution in [1.29, 1.82) is 0 Å². The molecule has 0 saturated carbocycles. The second-order valence-electron chi connectivity index (χ2n) is 5.62. The maximum Gasteiger partial charge on any atom is 0.323 e. The van der Waals surface area contributed by atoms with E-state index in [0.29, 0.717) is 6.42 Å². The van der Waals surface area contributed by atoms with Gasteiger partial charge in [0.2, 0.25) is 5.91 Å². The van der Waals surface area contributed by atoms with E-state index in [4.69, 9.17) is 10.2 Å². The van der Waals surface area contributed by atoms with Gasteiger partial charge < -0.3 is 15.1 Å². The van der Waals surface area contributed by atoms with E-state index in [2.05, 4.69) is 6.92 Å². The Morgan fingerprint density at radius 1 is 0.739 bits per heavy atom. The van der Waals surface area contributed by atoms with Crippen molar-refractivity contribution in [2.45, 2.75) is 71.1 Å². The molecular weight excluding hydrogens is 309 g/mol. The van der Waals surface area contributed by atoms with E-state index < -0.39 is 30.9 Å². The Labute approximate surface area is 160 Å². The van der Waals surface area contributed by atoms with Crippen LogP contribution in [0.3, 0.4) is 0 Å². The Bertz CT molecular complexity index is 333. The molecule has 2 N–H and O–H groups in total. The van der Waals surface area contributed by atoms with Crippen LogP contribution < -0.4 is 0 Å². The van der Waals surface area contributed by atoms with E-state index in [1.54, 1.807) is 0 Å². The van der Waals surface area contributed by atoms with Crippen LogP contribution in [-0.4, -0.2) is 75.6 Å². The molecule has 0 aromatic heterocycles. The van der Waals surface area contributed by atoms with Crippen molar-refractivity contribution in [3.8, 4) is 0 Å². The topological polar surface area (TPSA) is 94.9 Å². The molecule has 0 aliphatic rings. The summed E-state index contributed by atoms with van der Waals surface area (Å²) in [4.78, 5) is 34.0. The zero-order valence-corrected chi connectivity index (χ0v) is 16.6. The molecule has 0 aromatic rings. The van der Waals surface area contributed by atoms with Gasteiger partial charge in [-0.15, -0.1) is 0 Å². The summed E-state index contributed by atoms with van der Waals surface area (Å²) < 4.78 is 0. The number of unbranched alkanes of at least 4 members (excludes halogenated alkanes) is 8. The third kappa shape index (κ3) is 16.1. The van der Waals surface area contributed by atoms with Crippen LogP contribution in [0.15, 0.2) is 0 Å². The van der Waals surface area contributed by atoms with Crippen molar-refractivity contribution in [1.82, 2.24) is 4.90 Å². The van der Waals surface area contributed by atoms with Gasteiger partial charge in [-0.2, -0.15) is 0 Å². The predicted octanol–water partition coefficient (Wildman–Crippen LogP) is 2.52. The van der Waals surface area contributed by atoms with Gasteiger partial charge in [-0.25, -0.2) is 0 Å². The number of nitrogens with zero attached hydrogens (tertiary/aromatic N) is 1. The van der Waals surface area contributed by atoms with E-state index in [1.807, 2.05) is 0 Å². The van der Waals surface area contributed by atoms with E-state index >= 15 is 0 Å². The summed E-state index contributed by atoms with van der Waals surface area (Å²) in [6, 6.07) is 0. The number of hydrogen-bond acceptors (Lipinski definition) is 3. The van der Waals surface area contributed by atoms with Gasteiger partial charge >= 0.3 is 11.9 Å². The van der Waals surface area contributed by atoms with Crippen molar-refractivity contribution in [2.75, 3.05) is 13.1 Å². The minimum Gasteiger partial charge on any atom is -0.480 e. The van der Waals surface area contributed by atoms with Crippen LogP contribution in [0.5, 0.6) is 0 Å². The quantitative estimate of drug-likeness (QED) is 0.375. The molecule has 7 heteroatoms. The third-order valence-corrected chi connectivity index (χ3v) is 3.50. The molecule has 1 radical (unpaired) electrons. The average Bonchev–Trinajstić information content (AvgIpc) is 2.43. The number of amides is 1. The number of carboxylic acid groups (broad SMARTS) is 2. The first kappa shape index (κ1) is 24.7. The summed E-state index contributed by atoms with van der Waals surface area (Å²) >= 11 is 0. The van der Waals surface area contributed by atoms with Crippen LogP contribution in [0.25, 0.3) is 0 Å². The molecule has 0 rings (SSSR count). The summed E-state index contributed by atoms with van der Waals surface area (Å²) in [5, 5.41) is 17.4. The second-order valence-corrected chi connectivity index (χ2v) is 5.62. The Balaban J connectivity index is 0. The van der Waals surface area contributed by atoms with Crippen molar-refractivity contribution < 1.29 is 24.6 Å². The number of hydrogen-bond donors (Lipinski definition) is 2. The van der Waals surface area contributed by atoms with Crippen molar-refractivity contribution >= 4 is 47.4 Å². The Morgan fingerprint density at radius 3 is 1.52 bits per heavy atom. The molecule has 0 aliphatic carbocycles. The van der Waals surface area contributed by atoms with Gasteiger partial charge in [-0.3, -0.25) is 14.4 Å². The standard InChI is InChI=1S/C16H29NO5.Na/c1-2-3-4-5-6-7-8-9-10-11-14(18)17(12-15(19)20)13-16(21)22;/h2-13H2,1H3,(H,19,20)(H,21,22);. The van der Waals surface area contributed by atoms with Gasteiger partial charge in [0.1, 0.15) is 13.1 Å². The van der Waals surface area contributed by atoms with Gasteiger partial charge in [-0.1, -0.05) is 58.3 Å². The van der Waals surface area contributed by atoms with Gasteiger partial charge in [0, 0.05) is 36.0 Å². The first-order chi connectivity index (χ1) is 10.5. The predicted molar refractivity (Wildman–Crippen MR) is 89.4 cm³/mol. The van der Waals surface area contributed by atoms with Crippen molar-refractivity contribution in [3.63, 3.8) is 0 Å². The fraction of sp³-hybridized carbons (Fsp3) is 0.812. The first-order valence-corrected chi connectivity index (χ1v) is 8.18. The zero-order valence-electron chi connectivity index (χ0n) is 14.6. The molecule has 0 bridgehead atoms. The van der Waals surface area contributed by atoms with Gasteiger partial charge in [0.05, 0.1) is 0 Å². The summed E-state index contributed by atoms with van der Waals surface area (Å²) in [5.74, 6) is -2.78. The molecule has 0 aliphatic heterocycles. The second kappa shape index (κ2) is 16.3. The van der Waals surface area contributed by atoms with Crippen LogP contribution in [0.4, 0.5) is 0 Å². The monoisotopic (exact) mass is 338 g/mol. The van der Waals surface area contributed by atoms with E-state index in [-0.39, 0.29) is 36.0 Å². The average molecular weight is 338 g/mol. The first-order valence-electron chi connectivity index (χ1n) is 8.18. The van der Waals surface area contributed by atoms with Gasteiger partial charge in [0.15, 0.2) is 0 Å². The van der Waals surface area contributed by atoms with Crippen LogP contribution in [-0.2, 0) is 14.4 Å². The Morgan fingerprint density at radius 2 is 1.13 bits per heavy atom. The summed E-state index contributed by atoms with van der Waals surface area (Å²) in [5.41, 5.74) is 0. The molecule has 0 aromatic carbocycles. The SMILES string of the molecule is CCCCCCCCCCCC(=O)N(CC(=O)O)CC(=O)O.[Na]. The number of carbonyl (C=O) groups is 3. The summed E-state index contributed by atoms with van der Waals surface area (Å²) in [6.07, 6.45) is 10.4. The summed E-state index contributed by atoms with van der Waals surface area (Å²) in [7, 11) is 0. The molecular formula is C16H29NNaO5. The number of carboxylic acids is 2. The van der Waals surface area contributed by atoms with E-state index in [1.165, 1.54) is 32.1 Å². The molecule has 0 spiro atoms. The van der Waals surface area contributed by atoms with Crippen LogP contribution in [0.1, 0.15) is 71.1 Å². The fourth-order valence-corrected chi connectivity index (χ4v) is 2.30. The number of rotatable bonds is 14. The van der Waals surface area contributed by atoms with Gasteiger partial charge in [-0.05, 0) is 6.42 Å². The summed E-state index contributed by atoms with van der Waals surface area (Å²) in [6.45, 7) is 1.08. The third-order valence-electron chi connectivity index (χ3n) is 3.50. The van der Waals surface area contributed by atoms with E-state index in [9.17, 15) is 14.4 Å². The minimum absolute atomic E-state index is 0. The smallest absolute Gasteiger partial charge is 0.323 e. The molecule has 0 unspecified atom stereocenters. The number of carbonyl (C=O) groups excluding carboxylic acids is 1. The Hall–Kier alpha value is -0.590. The maximum atomic E-state index is 11.8.